The molecule has 1 aliphatic heterocycles. The Hall–Kier alpha value is -1.51. The Bertz CT molecular complexity index is 441. The molecule has 0 spiro atoms. The van der Waals surface area contributed by atoms with Crippen LogP contribution in [0.4, 0.5) is 0 Å². The Kier molecular flexibility index (Phi) is 3.60. The molecule has 0 fully saturated rings. The van der Waals surface area contributed by atoms with Crippen LogP contribution in [0, 0.1) is 11.8 Å². The van der Waals surface area contributed by atoms with Gasteiger partial charge in [0.1, 0.15) is 5.76 Å². The van der Waals surface area contributed by atoms with Crippen molar-refractivity contribution in [3.05, 3.63) is 35.3 Å². The highest BCUT2D eigenvalue weighted by Gasteiger charge is 2.32. The molecule has 0 aromatic carbocycles. The summed E-state index contributed by atoms with van der Waals surface area (Å²) < 4.78 is 5.38. The van der Waals surface area contributed by atoms with Crippen LogP contribution in [0.3, 0.4) is 0 Å². The van der Waals surface area contributed by atoms with Crippen molar-refractivity contribution in [3.8, 4) is 0 Å². The first-order chi connectivity index (χ1) is 8.56. The molecule has 0 radical (unpaired) electrons. The smallest absolute Gasteiger partial charge is 0.335 e. The minimum absolute atomic E-state index is 0.224. The molecule has 2 atom stereocenters. The summed E-state index contributed by atoms with van der Waals surface area (Å²) in [6.07, 6.45) is 5.90. The van der Waals surface area contributed by atoms with Gasteiger partial charge in [-0.05, 0) is 26.7 Å². The topological polar surface area (TPSA) is 29.5 Å². The number of hydrogen-bond acceptors (Lipinski definition) is 3. The first kappa shape index (κ1) is 12.9. The minimum atomic E-state index is -0.247. The van der Waals surface area contributed by atoms with Gasteiger partial charge < -0.3 is 9.64 Å². The zero-order valence-electron chi connectivity index (χ0n) is 11.6. The van der Waals surface area contributed by atoms with Crippen molar-refractivity contribution < 1.29 is 9.53 Å². The van der Waals surface area contributed by atoms with Gasteiger partial charge in [0.05, 0.1) is 0 Å². The summed E-state index contributed by atoms with van der Waals surface area (Å²) in [7, 11) is 0. The first-order valence-corrected chi connectivity index (χ1v) is 6.65. The highest BCUT2D eigenvalue weighted by molar-refractivity contribution is 5.85. The maximum Gasteiger partial charge on any atom is 0.335 e. The van der Waals surface area contributed by atoms with Gasteiger partial charge in [-0.1, -0.05) is 18.6 Å². The van der Waals surface area contributed by atoms with Crippen molar-refractivity contribution in [1.82, 2.24) is 4.90 Å². The predicted octanol–water partition coefficient (Wildman–Crippen LogP) is 2.87. The van der Waals surface area contributed by atoms with Crippen LogP contribution < -0.4 is 0 Å². The normalized spacial score (nSPS) is 26.7. The summed E-state index contributed by atoms with van der Waals surface area (Å²) in [5.74, 6) is 1.15. The van der Waals surface area contributed by atoms with Gasteiger partial charge in [-0.2, -0.15) is 0 Å². The molecular weight excluding hydrogens is 226 g/mol. The van der Waals surface area contributed by atoms with Gasteiger partial charge in [-0.15, -0.1) is 0 Å². The van der Waals surface area contributed by atoms with Gasteiger partial charge in [0.2, 0.25) is 0 Å². The van der Waals surface area contributed by atoms with Crippen molar-refractivity contribution in [1.29, 1.82) is 0 Å². The molecule has 0 bridgehead atoms. The van der Waals surface area contributed by atoms with Crippen LogP contribution >= 0.6 is 0 Å². The lowest BCUT2D eigenvalue weighted by Gasteiger charge is -2.34. The maximum atomic E-state index is 11.5. The zero-order valence-corrected chi connectivity index (χ0v) is 11.6. The highest BCUT2D eigenvalue weighted by Crippen LogP contribution is 2.38. The summed E-state index contributed by atoms with van der Waals surface area (Å²) in [5.41, 5.74) is 2.26. The molecule has 1 aliphatic carbocycles. The van der Waals surface area contributed by atoms with E-state index in [1.165, 1.54) is 5.70 Å². The lowest BCUT2D eigenvalue weighted by molar-refractivity contribution is -0.135. The highest BCUT2D eigenvalue weighted by atomic mass is 16.5. The largest absolute Gasteiger partial charge is 0.427 e. The Morgan fingerprint density at radius 2 is 1.94 bits per heavy atom. The second-order valence-electron chi connectivity index (χ2n) is 4.96. The molecule has 2 aliphatic rings. The van der Waals surface area contributed by atoms with Crippen LogP contribution in [0.5, 0.6) is 0 Å². The lowest BCUT2D eigenvalue weighted by atomic mass is 9.81. The van der Waals surface area contributed by atoms with Crippen LogP contribution in [0.15, 0.2) is 35.3 Å². The average Bonchev–Trinajstić information content (AvgIpc) is 2.28. The van der Waals surface area contributed by atoms with E-state index in [0.717, 1.165) is 24.4 Å². The molecule has 3 heteroatoms. The summed E-state index contributed by atoms with van der Waals surface area (Å²) in [6.45, 7) is 10.4. The Balaban J connectivity index is 2.34. The number of carbonyl (C=O) groups is 1. The van der Waals surface area contributed by atoms with Crippen LogP contribution in [0.1, 0.15) is 27.7 Å². The maximum absolute atomic E-state index is 11.5. The molecule has 18 heavy (non-hydrogen) atoms. The Morgan fingerprint density at radius 1 is 1.28 bits per heavy atom. The van der Waals surface area contributed by atoms with Gasteiger partial charge in [-0.3, -0.25) is 0 Å². The van der Waals surface area contributed by atoms with Gasteiger partial charge in [0.25, 0.3) is 0 Å². The van der Waals surface area contributed by atoms with E-state index in [9.17, 15) is 4.79 Å². The molecule has 0 amide bonds. The summed E-state index contributed by atoms with van der Waals surface area (Å²) in [5, 5.41) is 0. The van der Waals surface area contributed by atoms with E-state index in [0.29, 0.717) is 5.92 Å². The van der Waals surface area contributed by atoms with Gasteiger partial charge in [-0.25, -0.2) is 4.79 Å². The number of nitrogens with zero attached hydrogens (tertiary/aromatic N) is 1. The molecule has 0 aromatic heterocycles. The van der Waals surface area contributed by atoms with E-state index in [1.54, 1.807) is 6.08 Å². The number of likely N-dealkylation sites (N-methyl/N-ethyl adjacent to an activating group) is 1. The van der Waals surface area contributed by atoms with Crippen molar-refractivity contribution in [2.45, 2.75) is 27.7 Å². The Labute approximate surface area is 109 Å². The zero-order chi connectivity index (χ0) is 13.3. The molecule has 0 aromatic rings. The average molecular weight is 247 g/mol. The van der Waals surface area contributed by atoms with E-state index in [2.05, 4.69) is 31.7 Å². The number of carbonyl (C=O) groups excluding carboxylic acids is 1. The quantitative estimate of drug-likeness (QED) is 0.718. The molecule has 1 heterocycles. The number of rotatable bonds is 3. The molecule has 2 unspecified atom stereocenters. The second-order valence-corrected chi connectivity index (χ2v) is 4.96. The summed E-state index contributed by atoms with van der Waals surface area (Å²) in [6, 6.07) is 0. The van der Waals surface area contributed by atoms with Crippen molar-refractivity contribution in [2.24, 2.45) is 11.8 Å². The second kappa shape index (κ2) is 5.01. The monoisotopic (exact) mass is 247 g/mol. The van der Waals surface area contributed by atoms with Crippen LogP contribution in [-0.4, -0.2) is 24.0 Å². The standard InChI is InChI=1S/C15H21NO2/c1-5-16(6-2)12-7-10(3)15-11(4)8-14(17)18-13(15)9-12/h7-10,15H,5-6H2,1-4H3. The number of allylic oxidation sites excluding steroid dienone is 3. The molecule has 98 valence electrons. The number of hydrogen-bond donors (Lipinski definition) is 0. The van der Waals surface area contributed by atoms with E-state index < -0.39 is 0 Å². The molecular formula is C15H21NO2. The van der Waals surface area contributed by atoms with E-state index in [1.807, 2.05) is 13.0 Å². The SMILES string of the molecule is CCN(CC)C1=CC(C)C2C(C)=CC(=O)OC2=C1. The third kappa shape index (κ3) is 2.22. The molecule has 3 nitrogen and oxygen atoms in total. The molecule has 0 saturated carbocycles. The van der Waals surface area contributed by atoms with Crippen molar-refractivity contribution >= 4 is 5.97 Å². The Morgan fingerprint density at radius 3 is 2.56 bits per heavy atom. The lowest BCUT2D eigenvalue weighted by Crippen LogP contribution is -2.30. The molecule has 2 rings (SSSR count). The number of ether oxygens (including phenoxy) is 1. The van der Waals surface area contributed by atoms with Crippen LogP contribution in [0.25, 0.3) is 0 Å². The predicted molar refractivity (Wildman–Crippen MR) is 71.6 cm³/mol. The van der Waals surface area contributed by atoms with Crippen LogP contribution in [0.2, 0.25) is 0 Å². The van der Waals surface area contributed by atoms with Crippen molar-refractivity contribution in [3.63, 3.8) is 0 Å². The summed E-state index contributed by atoms with van der Waals surface area (Å²) >= 11 is 0. The number of esters is 1. The third-order valence-electron chi connectivity index (χ3n) is 3.74. The van der Waals surface area contributed by atoms with E-state index in [-0.39, 0.29) is 11.9 Å². The first-order valence-electron chi connectivity index (χ1n) is 6.65. The minimum Gasteiger partial charge on any atom is -0.427 e. The van der Waals surface area contributed by atoms with E-state index >= 15 is 0 Å². The fourth-order valence-corrected chi connectivity index (χ4v) is 2.85. The van der Waals surface area contributed by atoms with Crippen LogP contribution in [-0.2, 0) is 9.53 Å². The fraction of sp³-hybridized carbons (Fsp3) is 0.533. The van der Waals surface area contributed by atoms with E-state index in [4.69, 9.17) is 4.74 Å². The molecule has 0 N–H and O–H groups in total. The van der Waals surface area contributed by atoms with Gasteiger partial charge in [0.15, 0.2) is 0 Å². The van der Waals surface area contributed by atoms with Gasteiger partial charge in [0, 0.05) is 36.9 Å². The summed E-state index contributed by atoms with van der Waals surface area (Å²) in [4.78, 5) is 13.8. The van der Waals surface area contributed by atoms with Crippen molar-refractivity contribution in [2.75, 3.05) is 13.1 Å². The fourth-order valence-electron chi connectivity index (χ4n) is 2.85. The third-order valence-corrected chi connectivity index (χ3v) is 3.74. The van der Waals surface area contributed by atoms with Gasteiger partial charge >= 0.3 is 5.97 Å². The number of fused-ring (bicyclic) bond motifs is 1. The molecule has 0 saturated heterocycles.